The molecule has 0 amide bonds. The van der Waals surface area contributed by atoms with Gasteiger partial charge in [-0.2, -0.15) is 0 Å². The Balaban J connectivity index is 2.09. The Morgan fingerprint density at radius 2 is 2.13 bits per heavy atom. The van der Waals surface area contributed by atoms with Gasteiger partial charge in [-0.1, -0.05) is 15.9 Å². The van der Waals surface area contributed by atoms with Crippen LogP contribution in [0.5, 0.6) is 0 Å². The molecule has 1 aromatic heterocycles. The lowest BCUT2D eigenvalue weighted by Gasteiger charge is -2.18. The third-order valence-electron chi connectivity index (χ3n) is 2.95. The van der Waals surface area contributed by atoms with Gasteiger partial charge in [-0.25, -0.2) is 4.98 Å². The average Bonchev–Trinajstić information content (AvgIpc) is 2.41. The van der Waals surface area contributed by atoms with Crippen LogP contribution in [0.2, 0.25) is 0 Å². The number of hydrogen-bond donors (Lipinski definition) is 0. The van der Waals surface area contributed by atoms with Gasteiger partial charge >= 0.3 is 0 Å². The molecule has 0 aromatic carbocycles. The summed E-state index contributed by atoms with van der Waals surface area (Å²) in [6.45, 7) is 6.55. The Hall–Kier alpha value is -0.0900. The molecule has 1 aliphatic rings. The first-order chi connectivity index (χ1) is 7.16. The van der Waals surface area contributed by atoms with Gasteiger partial charge in [0.15, 0.2) is 5.13 Å². The average molecular weight is 289 g/mol. The Labute approximate surface area is 104 Å². The first kappa shape index (κ1) is 11.4. The van der Waals surface area contributed by atoms with Gasteiger partial charge in [0, 0.05) is 22.8 Å². The highest BCUT2D eigenvalue weighted by Crippen LogP contribution is 2.28. The second-order valence-electron chi connectivity index (χ2n) is 4.15. The number of halogens is 1. The molecule has 0 spiro atoms. The maximum absolute atomic E-state index is 4.63. The topological polar surface area (TPSA) is 16.1 Å². The molecule has 1 atom stereocenters. The molecule has 2 rings (SSSR count). The largest absolute Gasteiger partial charge is 0.348 e. The lowest BCUT2D eigenvalue weighted by atomic mass is 10.2. The van der Waals surface area contributed by atoms with E-state index in [0.717, 1.165) is 13.1 Å². The van der Waals surface area contributed by atoms with Crippen molar-refractivity contribution in [2.45, 2.75) is 37.9 Å². The highest BCUT2D eigenvalue weighted by molar-refractivity contribution is 9.09. The number of nitrogens with zero attached hydrogens (tertiary/aromatic N) is 2. The maximum Gasteiger partial charge on any atom is 0.185 e. The van der Waals surface area contributed by atoms with Crippen molar-refractivity contribution < 1.29 is 0 Å². The zero-order valence-corrected chi connectivity index (χ0v) is 11.7. The summed E-state index contributed by atoms with van der Waals surface area (Å²) in [7, 11) is 0. The van der Waals surface area contributed by atoms with Crippen LogP contribution in [0.15, 0.2) is 0 Å². The number of thiazole rings is 1. The summed E-state index contributed by atoms with van der Waals surface area (Å²) in [5.41, 5.74) is 1.19. The fourth-order valence-electron chi connectivity index (χ4n) is 1.84. The maximum atomic E-state index is 4.63. The van der Waals surface area contributed by atoms with Crippen molar-refractivity contribution in [1.29, 1.82) is 0 Å². The molecule has 15 heavy (non-hydrogen) atoms. The minimum Gasteiger partial charge on any atom is -0.348 e. The van der Waals surface area contributed by atoms with Gasteiger partial charge in [0.05, 0.1) is 5.69 Å². The smallest absolute Gasteiger partial charge is 0.185 e. The molecule has 0 N–H and O–H groups in total. The van der Waals surface area contributed by atoms with Crippen molar-refractivity contribution in [3.8, 4) is 0 Å². The van der Waals surface area contributed by atoms with Gasteiger partial charge in [0.25, 0.3) is 0 Å². The van der Waals surface area contributed by atoms with Gasteiger partial charge < -0.3 is 4.90 Å². The van der Waals surface area contributed by atoms with E-state index in [9.17, 15) is 0 Å². The van der Waals surface area contributed by atoms with E-state index in [0.29, 0.717) is 4.83 Å². The van der Waals surface area contributed by atoms with Crippen molar-refractivity contribution in [2.24, 2.45) is 0 Å². The SMILES string of the molecule is Cc1nc(N2CCCC(Br)CC2)sc1C. The third kappa shape index (κ3) is 2.72. The van der Waals surface area contributed by atoms with E-state index >= 15 is 0 Å². The van der Waals surface area contributed by atoms with Crippen LogP contribution in [0.3, 0.4) is 0 Å². The molecular formula is C11H17BrN2S. The predicted molar refractivity (Wildman–Crippen MR) is 70.4 cm³/mol. The number of hydrogen-bond acceptors (Lipinski definition) is 3. The Morgan fingerprint density at radius 1 is 1.33 bits per heavy atom. The molecule has 0 saturated carbocycles. The van der Waals surface area contributed by atoms with Crippen LogP contribution in [-0.4, -0.2) is 22.9 Å². The molecule has 1 unspecified atom stereocenters. The zero-order chi connectivity index (χ0) is 10.8. The van der Waals surface area contributed by atoms with Crippen molar-refractivity contribution in [3.63, 3.8) is 0 Å². The summed E-state index contributed by atoms with van der Waals surface area (Å²) in [5, 5.41) is 1.21. The molecule has 0 radical (unpaired) electrons. The highest BCUT2D eigenvalue weighted by atomic mass is 79.9. The number of rotatable bonds is 1. The lowest BCUT2D eigenvalue weighted by molar-refractivity contribution is 0.754. The van der Waals surface area contributed by atoms with E-state index in [1.807, 2.05) is 11.3 Å². The first-order valence-electron chi connectivity index (χ1n) is 5.50. The van der Waals surface area contributed by atoms with Crippen LogP contribution >= 0.6 is 27.3 Å². The molecule has 1 aliphatic heterocycles. The minimum absolute atomic E-state index is 0.699. The Kier molecular flexibility index (Phi) is 3.67. The second kappa shape index (κ2) is 4.83. The number of aromatic nitrogens is 1. The molecule has 1 saturated heterocycles. The van der Waals surface area contributed by atoms with Crippen LogP contribution in [0.1, 0.15) is 29.8 Å². The van der Waals surface area contributed by atoms with Crippen molar-refractivity contribution >= 4 is 32.4 Å². The molecule has 84 valence electrons. The minimum atomic E-state index is 0.699. The summed E-state index contributed by atoms with van der Waals surface area (Å²) < 4.78 is 0. The molecular weight excluding hydrogens is 272 g/mol. The zero-order valence-electron chi connectivity index (χ0n) is 9.29. The molecule has 4 heteroatoms. The number of aryl methyl sites for hydroxylation is 2. The van der Waals surface area contributed by atoms with Crippen molar-refractivity contribution in [2.75, 3.05) is 18.0 Å². The first-order valence-corrected chi connectivity index (χ1v) is 7.23. The molecule has 2 nitrogen and oxygen atoms in total. The van der Waals surface area contributed by atoms with Gasteiger partial charge in [0.2, 0.25) is 0 Å². The summed E-state index contributed by atoms with van der Waals surface area (Å²) in [5.74, 6) is 0. The fraction of sp³-hybridized carbons (Fsp3) is 0.727. The van der Waals surface area contributed by atoms with E-state index in [4.69, 9.17) is 0 Å². The molecule has 0 aliphatic carbocycles. The van der Waals surface area contributed by atoms with E-state index in [1.54, 1.807) is 0 Å². The molecule has 2 heterocycles. The number of alkyl halides is 1. The van der Waals surface area contributed by atoms with E-state index in [-0.39, 0.29) is 0 Å². The van der Waals surface area contributed by atoms with Crippen LogP contribution in [0, 0.1) is 13.8 Å². The van der Waals surface area contributed by atoms with E-state index < -0.39 is 0 Å². The standard InChI is InChI=1S/C11H17BrN2S/c1-8-9(2)15-11(13-8)14-6-3-4-10(12)5-7-14/h10H,3-7H2,1-2H3. The second-order valence-corrected chi connectivity index (χ2v) is 6.63. The summed E-state index contributed by atoms with van der Waals surface area (Å²) >= 11 is 5.55. The number of anilines is 1. The Morgan fingerprint density at radius 3 is 2.80 bits per heavy atom. The monoisotopic (exact) mass is 288 g/mol. The highest BCUT2D eigenvalue weighted by Gasteiger charge is 2.17. The fourth-order valence-corrected chi connectivity index (χ4v) is 3.33. The molecule has 0 bridgehead atoms. The molecule has 1 aromatic rings. The summed E-state index contributed by atoms with van der Waals surface area (Å²) in [6, 6.07) is 0. The van der Waals surface area contributed by atoms with Crippen molar-refractivity contribution in [1.82, 2.24) is 4.98 Å². The van der Waals surface area contributed by atoms with Gasteiger partial charge in [-0.15, -0.1) is 11.3 Å². The van der Waals surface area contributed by atoms with E-state index in [2.05, 4.69) is 39.7 Å². The summed E-state index contributed by atoms with van der Waals surface area (Å²) in [6.07, 6.45) is 3.80. The van der Waals surface area contributed by atoms with Crippen LogP contribution in [-0.2, 0) is 0 Å². The van der Waals surface area contributed by atoms with Crippen LogP contribution < -0.4 is 4.90 Å². The van der Waals surface area contributed by atoms with Crippen molar-refractivity contribution in [3.05, 3.63) is 10.6 Å². The van der Waals surface area contributed by atoms with Crippen LogP contribution in [0.25, 0.3) is 0 Å². The Bertz CT molecular complexity index is 318. The van der Waals surface area contributed by atoms with Crippen LogP contribution in [0.4, 0.5) is 5.13 Å². The van der Waals surface area contributed by atoms with E-state index in [1.165, 1.54) is 35.0 Å². The predicted octanol–water partition coefficient (Wildman–Crippen LogP) is 3.51. The molecule has 1 fully saturated rings. The normalized spacial score (nSPS) is 22.9. The van der Waals surface area contributed by atoms with Gasteiger partial charge in [-0.3, -0.25) is 0 Å². The van der Waals surface area contributed by atoms with Gasteiger partial charge in [0.1, 0.15) is 0 Å². The third-order valence-corrected chi connectivity index (χ3v) is 4.99. The quantitative estimate of drug-likeness (QED) is 0.735. The summed E-state index contributed by atoms with van der Waals surface area (Å²) in [4.78, 5) is 9.12. The van der Waals surface area contributed by atoms with Gasteiger partial charge in [-0.05, 0) is 33.1 Å². The lowest BCUT2D eigenvalue weighted by Crippen LogP contribution is -2.24.